The van der Waals surface area contributed by atoms with Gasteiger partial charge in [-0.1, -0.05) is 6.07 Å². The molecule has 1 saturated carbocycles. The monoisotopic (exact) mass is 259 g/mol. The summed E-state index contributed by atoms with van der Waals surface area (Å²) >= 11 is 0. The van der Waals surface area contributed by atoms with Gasteiger partial charge in [-0.15, -0.1) is 0 Å². The van der Waals surface area contributed by atoms with E-state index >= 15 is 0 Å². The molecule has 1 aliphatic carbocycles. The minimum absolute atomic E-state index is 0.146. The minimum Gasteiger partial charge on any atom is -0.391 e. The Bertz CT molecular complexity index is 431. The van der Waals surface area contributed by atoms with Gasteiger partial charge in [0, 0.05) is 5.69 Å². The van der Waals surface area contributed by atoms with Gasteiger partial charge in [-0.05, 0) is 43.9 Å². The van der Waals surface area contributed by atoms with E-state index in [2.05, 4.69) is 5.32 Å². The quantitative estimate of drug-likeness (QED) is 0.853. The molecule has 0 amide bonds. The maximum atomic E-state index is 12.6. The minimum atomic E-state index is -4.33. The largest absolute Gasteiger partial charge is 0.416 e. The fourth-order valence-electron chi connectivity index (χ4n) is 2.26. The van der Waals surface area contributed by atoms with Crippen molar-refractivity contribution in [3.8, 4) is 0 Å². The lowest BCUT2D eigenvalue weighted by Crippen LogP contribution is -2.28. The van der Waals surface area contributed by atoms with E-state index < -0.39 is 17.8 Å². The summed E-state index contributed by atoms with van der Waals surface area (Å²) < 4.78 is 37.8. The smallest absolute Gasteiger partial charge is 0.391 e. The highest BCUT2D eigenvalue weighted by Gasteiger charge is 2.31. The van der Waals surface area contributed by atoms with E-state index in [1.54, 1.807) is 6.92 Å². The first-order chi connectivity index (χ1) is 8.38. The molecule has 1 aromatic rings. The maximum Gasteiger partial charge on any atom is 0.416 e. The fraction of sp³-hybridized carbons (Fsp3) is 0.538. The molecule has 0 saturated heterocycles. The van der Waals surface area contributed by atoms with Crippen molar-refractivity contribution in [3.05, 3.63) is 29.3 Å². The summed E-state index contributed by atoms with van der Waals surface area (Å²) in [7, 11) is 0. The molecule has 0 bridgehead atoms. The molecule has 0 unspecified atom stereocenters. The van der Waals surface area contributed by atoms with Crippen molar-refractivity contribution in [2.45, 2.75) is 44.5 Å². The second-order valence-electron chi connectivity index (χ2n) is 4.78. The number of rotatable bonds is 2. The topological polar surface area (TPSA) is 32.3 Å². The van der Waals surface area contributed by atoms with E-state index in [0.717, 1.165) is 30.5 Å². The number of alkyl halides is 3. The standard InChI is InChI=1S/C13H16F3NO/c1-8-5-6-9(13(14,15)16)7-11(8)17-10-3-2-4-12(10)18/h5-7,10,12,17-18H,2-4H2,1H3/t10-,12-/m0/s1. The summed E-state index contributed by atoms with van der Waals surface area (Å²) in [5.74, 6) is 0. The Balaban J connectivity index is 2.21. The molecule has 2 nitrogen and oxygen atoms in total. The highest BCUT2D eigenvalue weighted by atomic mass is 19.4. The molecule has 5 heteroatoms. The van der Waals surface area contributed by atoms with Gasteiger partial charge >= 0.3 is 6.18 Å². The fourth-order valence-corrected chi connectivity index (χ4v) is 2.26. The van der Waals surface area contributed by atoms with Crippen LogP contribution in [0.1, 0.15) is 30.4 Å². The van der Waals surface area contributed by atoms with Crippen LogP contribution in [0.15, 0.2) is 18.2 Å². The van der Waals surface area contributed by atoms with E-state index in [1.807, 2.05) is 0 Å². The molecule has 2 N–H and O–H groups in total. The van der Waals surface area contributed by atoms with Gasteiger partial charge in [0.2, 0.25) is 0 Å². The Kier molecular flexibility index (Phi) is 3.52. The van der Waals surface area contributed by atoms with E-state index in [4.69, 9.17) is 0 Å². The SMILES string of the molecule is Cc1ccc(C(F)(F)F)cc1N[C@H]1CCC[C@@H]1O. The van der Waals surface area contributed by atoms with Gasteiger partial charge in [-0.3, -0.25) is 0 Å². The first-order valence-electron chi connectivity index (χ1n) is 6.00. The summed E-state index contributed by atoms with van der Waals surface area (Å²) in [5, 5.41) is 12.7. The van der Waals surface area contributed by atoms with Crippen LogP contribution in [0.3, 0.4) is 0 Å². The number of aliphatic hydroxyl groups is 1. The number of aryl methyl sites for hydroxylation is 1. The molecular weight excluding hydrogens is 243 g/mol. The maximum absolute atomic E-state index is 12.6. The van der Waals surface area contributed by atoms with Gasteiger partial charge in [0.1, 0.15) is 0 Å². The van der Waals surface area contributed by atoms with Crippen LogP contribution in [0.25, 0.3) is 0 Å². The molecule has 2 atom stereocenters. The molecule has 0 aromatic heterocycles. The summed E-state index contributed by atoms with van der Waals surface area (Å²) in [6.45, 7) is 1.75. The Morgan fingerprint density at radius 2 is 2.00 bits per heavy atom. The van der Waals surface area contributed by atoms with Crippen molar-refractivity contribution in [3.63, 3.8) is 0 Å². The summed E-state index contributed by atoms with van der Waals surface area (Å²) in [5.41, 5.74) is 0.543. The third-order valence-electron chi connectivity index (χ3n) is 3.39. The molecule has 2 rings (SSSR count). The first-order valence-corrected chi connectivity index (χ1v) is 6.00. The number of benzene rings is 1. The Morgan fingerprint density at radius 3 is 2.56 bits per heavy atom. The lowest BCUT2D eigenvalue weighted by atomic mass is 10.1. The average molecular weight is 259 g/mol. The van der Waals surface area contributed by atoms with Gasteiger partial charge in [0.15, 0.2) is 0 Å². The average Bonchev–Trinajstić information content (AvgIpc) is 2.66. The first kappa shape index (κ1) is 13.2. The van der Waals surface area contributed by atoms with Crippen molar-refractivity contribution in [2.24, 2.45) is 0 Å². The third-order valence-corrected chi connectivity index (χ3v) is 3.39. The van der Waals surface area contributed by atoms with Crippen LogP contribution in [-0.2, 0) is 6.18 Å². The predicted octanol–water partition coefficient (Wildman–Crippen LogP) is 3.34. The Hall–Kier alpha value is -1.23. The summed E-state index contributed by atoms with van der Waals surface area (Å²) in [6.07, 6.45) is -2.42. The van der Waals surface area contributed by atoms with Crippen molar-refractivity contribution in [1.82, 2.24) is 0 Å². The van der Waals surface area contributed by atoms with Gasteiger partial charge in [0.25, 0.3) is 0 Å². The van der Waals surface area contributed by atoms with E-state index in [0.29, 0.717) is 12.1 Å². The van der Waals surface area contributed by atoms with Crippen LogP contribution in [0.5, 0.6) is 0 Å². The Morgan fingerprint density at radius 1 is 1.28 bits per heavy atom. The van der Waals surface area contributed by atoms with Crippen molar-refractivity contribution < 1.29 is 18.3 Å². The van der Waals surface area contributed by atoms with Gasteiger partial charge < -0.3 is 10.4 Å². The van der Waals surface area contributed by atoms with E-state index in [9.17, 15) is 18.3 Å². The Labute approximate surface area is 104 Å². The third kappa shape index (κ3) is 2.77. The second-order valence-corrected chi connectivity index (χ2v) is 4.78. The number of aliphatic hydroxyl groups excluding tert-OH is 1. The van der Waals surface area contributed by atoms with Crippen LogP contribution in [0, 0.1) is 6.92 Å². The molecule has 1 aliphatic rings. The van der Waals surface area contributed by atoms with E-state index in [1.165, 1.54) is 6.07 Å². The molecule has 100 valence electrons. The van der Waals surface area contributed by atoms with Crippen LogP contribution in [0.2, 0.25) is 0 Å². The van der Waals surface area contributed by atoms with Gasteiger partial charge in [-0.2, -0.15) is 13.2 Å². The van der Waals surface area contributed by atoms with Gasteiger partial charge in [-0.25, -0.2) is 0 Å². The molecule has 18 heavy (non-hydrogen) atoms. The number of nitrogens with one attached hydrogen (secondary N) is 1. The summed E-state index contributed by atoms with van der Waals surface area (Å²) in [6, 6.07) is 3.49. The summed E-state index contributed by atoms with van der Waals surface area (Å²) in [4.78, 5) is 0. The molecular formula is C13H16F3NO. The van der Waals surface area contributed by atoms with Crippen LogP contribution >= 0.6 is 0 Å². The van der Waals surface area contributed by atoms with Crippen LogP contribution in [0.4, 0.5) is 18.9 Å². The lowest BCUT2D eigenvalue weighted by molar-refractivity contribution is -0.137. The van der Waals surface area contributed by atoms with Crippen LogP contribution in [-0.4, -0.2) is 17.3 Å². The zero-order valence-corrected chi connectivity index (χ0v) is 10.1. The van der Waals surface area contributed by atoms with Crippen molar-refractivity contribution >= 4 is 5.69 Å². The second kappa shape index (κ2) is 4.80. The number of anilines is 1. The number of hydrogen-bond acceptors (Lipinski definition) is 2. The predicted molar refractivity (Wildman–Crippen MR) is 63.4 cm³/mol. The zero-order valence-electron chi connectivity index (χ0n) is 10.1. The number of hydrogen-bond donors (Lipinski definition) is 2. The molecule has 0 radical (unpaired) electrons. The van der Waals surface area contributed by atoms with Crippen molar-refractivity contribution in [2.75, 3.05) is 5.32 Å². The van der Waals surface area contributed by atoms with Gasteiger partial charge in [0.05, 0.1) is 17.7 Å². The molecule has 0 heterocycles. The lowest BCUT2D eigenvalue weighted by Gasteiger charge is -2.20. The zero-order chi connectivity index (χ0) is 13.3. The molecule has 1 aromatic carbocycles. The molecule has 1 fully saturated rings. The number of halogens is 3. The van der Waals surface area contributed by atoms with Crippen molar-refractivity contribution in [1.29, 1.82) is 0 Å². The highest BCUT2D eigenvalue weighted by molar-refractivity contribution is 5.54. The molecule has 0 aliphatic heterocycles. The highest BCUT2D eigenvalue weighted by Crippen LogP contribution is 2.33. The van der Waals surface area contributed by atoms with Crippen LogP contribution < -0.4 is 5.32 Å². The normalized spacial score (nSPS) is 24.3. The van der Waals surface area contributed by atoms with E-state index in [-0.39, 0.29) is 6.04 Å². The molecule has 0 spiro atoms.